The van der Waals surface area contributed by atoms with Crippen molar-refractivity contribution in [3.05, 3.63) is 53.3 Å². The third-order valence-corrected chi connectivity index (χ3v) is 7.22. The summed E-state index contributed by atoms with van der Waals surface area (Å²) in [6, 6.07) is 13.1. The maximum atomic E-state index is 14.5. The number of nitrogens with one attached hydrogen (secondary N) is 1. The van der Waals surface area contributed by atoms with E-state index in [1.165, 1.54) is 18.9 Å². The van der Waals surface area contributed by atoms with Gasteiger partial charge in [0.05, 0.1) is 38.5 Å². The number of quaternary nitrogens is 1. The number of benzene rings is 2. The molecule has 2 saturated heterocycles. The molecule has 2 aliphatic rings. The monoisotopic (exact) mass is 530 g/mol. The Morgan fingerprint density at radius 1 is 1.11 bits per heavy atom. The van der Waals surface area contributed by atoms with Gasteiger partial charge in [0.1, 0.15) is 11.8 Å². The number of para-hydroxylation sites is 1. The Hall–Kier alpha value is -2.85. The molecule has 2 heterocycles. The number of carboxylic acid groups (broad SMARTS) is 1. The van der Waals surface area contributed by atoms with Gasteiger partial charge in [0.2, 0.25) is 0 Å². The zero-order valence-electron chi connectivity index (χ0n) is 19.8. The molecule has 11 heteroatoms. The van der Waals surface area contributed by atoms with Gasteiger partial charge in [-0.1, -0.05) is 35.9 Å². The van der Waals surface area contributed by atoms with Crippen LogP contribution in [0.15, 0.2) is 42.5 Å². The first-order valence-corrected chi connectivity index (χ1v) is 11.8. The molecule has 0 aliphatic carbocycles. The maximum Gasteiger partial charge on any atom is 0.430 e. The number of amides is 1. The molecule has 0 aromatic heterocycles. The number of carbonyl (C=O) groups is 2. The number of alkyl halides is 3. The van der Waals surface area contributed by atoms with Gasteiger partial charge >= 0.3 is 12.3 Å². The van der Waals surface area contributed by atoms with Gasteiger partial charge in [0.25, 0.3) is 0 Å². The highest BCUT2D eigenvalue weighted by atomic mass is 35.5. The summed E-state index contributed by atoms with van der Waals surface area (Å²) in [6.45, 7) is 0.375. The zero-order chi connectivity index (χ0) is 26.7. The van der Waals surface area contributed by atoms with E-state index in [9.17, 15) is 22.4 Å². The zero-order valence-corrected chi connectivity index (χ0v) is 20.5. The van der Waals surface area contributed by atoms with Crippen molar-refractivity contribution >= 4 is 29.4 Å². The lowest BCUT2D eigenvalue weighted by Crippen LogP contribution is -2.55. The topological polar surface area (TPSA) is 78.5 Å². The van der Waals surface area contributed by atoms with E-state index < -0.39 is 24.1 Å². The number of halogens is 5. The van der Waals surface area contributed by atoms with Crippen molar-refractivity contribution in [2.45, 2.75) is 43.9 Å². The second kappa shape index (κ2) is 11.0. The molecule has 2 aromatic rings. The minimum absolute atomic E-state index is 0.112. The molecule has 6 nitrogen and oxygen atoms in total. The lowest BCUT2D eigenvalue weighted by Gasteiger charge is -2.44. The predicted octanol–water partition coefficient (Wildman–Crippen LogP) is 5.01. The summed E-state index contributed by atoms with van der Waals surface area (Å²) in [5.74, 6) is -3.14. The average Bonchev–Trinajstić information content (AvgIpc) is 2.95. The van der Waals surface area contributed by atoms with Crippen LogP contribution < -0.4 is 10.4 Å². The SMILES string of the molecule is C[N+]1(C)C2CCC1CC(COC(=O)Nc1c(F)cccc1-c1cccc(Cl)c1)C2.O=C([O-])C(F)(F)F. The first kappa shape index (κ1) is 27.7. The van der Waals surface area contributed by atoms with Crippen LogP contribution in [0.5, 0.6) is 0 Å². The molecule has 2 fully saturated rings. The molecular weight excluding hydrogens is 504 g/mol. The highest BCUT2D eigenvalue weighted by Crippen LogP contribution is 2.42. The van der Waals surface area contributed by atoms with E-state index >= 15 is 0 Å². The molecule has 1 amide bonds. The van der Waals surface area contributed by atoms with Gasteiger partial charge in [-0.2, -0.15) is 13.2 Å². The number of nitrogens with zero attached hydrogens (tertiary/aromatic N) is 1. The lowest BCUT2D eigenvalue weighted by atomic mass is 9.90. The normalized spacial score (nSPS) is 22.2. The Balaban J connectivity index is 0.000000454. The Bertz CT molecular complexity index is 1090. The van der Waals surface area contributed by atoms with E-state index in [-0.39, 0.29) is 5.69 Å². The van der Waals surface area contributed by atoms with Gasteiger partial charge in [0.15, 0.2) is 0 Å². The Morgan fingerprint density at radius 3 is 2.25 bits per heavy atom. The third kappa shape index (κ3) is 6.67. The molecule has 36 heavy (non-hydrogen) atoms. The van der Waals surface area contributed by atoms with Gasteiger partial charge < -0.3 is 19.1 Å². The van der Waals surface area contributed by atoms with E-state index in [2.05, 4.69) is 19.4 Å². The van der Waals surface area contributed by atoms with Crippen molar-refractivity contribution in [3.63, 3.8) is 0 Å². The number of fused-ring (bicyclic) bond motifs is 2. The second-order valence-electron chi connectivity index (χ2n) is 9.53. The summed E-state index contributed by atoms with van der Waals surface area (Å²) in [6.07, 6.45) is -1.17. The molecule has 0 radical (unpaired) electrons. The average molecular weight is 531 g/mol. The van der Waals surface area contributed by atoms with Crippen molar-refractivity contribution < 1.29 is 41.5 Å². The number of piperidine rings is 1. The summed E-state index contributed by atoms with van der Waals surface area (Å²) in [7, 11) is 4.61. The van der Waals surface area contributed by atoms with Gasteiger partial charge in [-0.25, -0.2) is 9.18 Å². The fourth-order valence-electron chi connectivity index (χ4n) is 5.01. The summed E-state index contributed by atoms with van der Waals surface area (Å²) in [5.41, 5.74) is 1.41. The van der Waals surface area contributed by atoms with Crippen LogP contribution >= 0.6 is 11.6 Å². The van der Waals surface area contributed by atoms with Crippen LogP contribution in [0.4, 0.5) is 28.0 Å². The third-order valence-electron chi connectivity index (χ3n) is 6.98. The van der Waals surface area contributed by atoms with Crippen LogP contribution in [0.1, 0.15) is 25.7 Å². The molecule has 1 N–H and O–H groups in total. The fourth-order valence-corrected chi connectivity index (χ4v) is 5.20. The first-order chi connectivity index (χ1) is 16.8. The van der Waals surface area contributed by atoms with Crippen molar-refractivity contribution in [1.82, 2.24) is 0 Å². The van der Waals surface area contributed by atoms with Gasteiger partial charge in [-0.3, -0.25) is 5.32 Å². The van der Waals surface area contributed by atoms with Crippen molar-refractivity contribution in [2.75, 3.05) is 26.0 Å². The van der Waals surface area contributed by atoms with Gasteiger partial charge in [-0.05, 0) is 23.8 Å². The number of hydrogen-bond donors (Lipinski definition) is 1. The summed E-state index contributed by atoms with van der Waals surface area (Å²) < 4.78 is 52.6. The molecule has 4 rings (SSSR count). The first-order valence-electron chi connectivity index (χ1n) is 11.4. The molecule has 2 unspecified atom stereocenters. The number of ether oxygens (including phenoxy) is 1. The molecule has 0 spiro atoms. The Kier molecular flexibility index (Phi) is 8.51. The van der Waals surface area contributed by atoms with E-state index in [0.717, 1.165) is 22.9 Å². The van der Waals surface area contributed by atoms with Gasteiger partial charge in [0, 0.05) is 42.2 Å². The number of carbonyl (C=O) groups excluding carboxylic acids is 2. The van der Waals surface area contributed by atoms with Crippen LogP contribution in [0, 0.1) is 11.7 Å². The molecule has 0 saturated carbocycles. The largest absolute Gasteiger partial charge is 0.542 e. The number of hydrogen-bond acceptors (Lipinski definition) is 4. The minimum Gasteiger partial charge on any atom is -0.542 e. The fraction of sp³-hybridized carbons (Fsp3) is 0.440. The van der Waals surface area contributed by atoms with Crippen LogP contribution in [0.3, 0.4) is 0 Å². The molecular formula is C25H27ClF4N2O4. The molecule has 2 bridgehead atoms. The second-order valence-corrected chi connectivity index (χ2v) is 9.97. The Morgan fingerprint density at radius 2 is 1.69 bits per heavy atom. The molecule has 2 aliphatic heterocycles. The highest BCUT2D eigenvalue weighted by molar-refractivity contribution is 6.30. The molecule has 196 valence electrons. The number of rotatable bonds is 4. The predicted molar refractivity (Wildman–Crippen MR) is 125 cm³/mol. The van der Waals surface area contributed by atoms with Crippen LogP contribution in [-0.4, -0.2) is 55.5 Å². The summed E-state index contributed by atoms with van der Waals surface area (Å²) in [5, 5.41) is 11.9. The smallest absolute Gasteiger partial charge is 0.430 e. The van der Waals surface area contributed by atoms with Crippen LogP contribution in [-0.2, 0) is 9.53 Å². The quantitative estimate of drug-likeness (QED) is 0.445. The van der Waals surface area contributed by atoms with Crippen LogP contribution in [0.2, 0.25) is 5.02 Å². The van der Waals surface area contributed by atoms with Crippen molar-refractivity contribution in [3.8, 4) is 11.1 Å². The van der Waals surface area contributed by atoms with E-state index in [0.29, 0.717) is 35.2 Å². The molecule has 2 atom stereocenters. The minimum atomic E-state index is -5.19. The van der Waals surface area contributed by atoms with Crippen LogP contribution in [0.25, 0.3) is 11.1 Å². The summed E-state index contributed by atoms with van der Waals surface area (Å²) >= 11 is 6.07. The number of carboxylic acids is 1. The summed E-state index contributed by atoms with van der Waals surface area (Å²) in [4.78, 5) is 21.2. The number of aliphatic carboxylic acids is 1. The van der Waals surface area contributed by atoms with E-state index in [4.69, 9.17) is 26.2 Å². The van der Waals surface area contributed by atoms with Crippen molar-refractivity contribution in [2.24, 2.45) is 5.92 Å². The van der Waals surface area contributed by atoms with E-state index in [1.54, 1.807) is 30.3 Å². The van der Waals surface area contributed by atoms with Crippen molar-refractivity contribution in [1.29, 1.82) is 0 Å². The lowest BCUT2D eigenvalue weighted by molar-refractivity contribution is -0.931. The standard InChI is InChI=1S/C23H26ClFN2O2.C2HF3O2/c1-27(2)18-9-10-19(27)12-15(11-18)14-29-23(28)26-22-20(7-4-8-21(22)25)16-5-3-6-17(24)13-16;3-2(4,5)1(6)7/h3-8,13,15,18-19H,9-12,14H2,1-2H3;(H,6,7). The Labute approximate surface area is 211 Å². The maximum absolute atomic E-state index is 14.5. The van der Waals surface area contributed by atoms with E-state index in [1.807, 2.05) is 6.07 Å². The van der Waals surface area contributed by atoms with Gasteiger partial charge in [-0.15, -0.1) is 0 Å². The number of anilines is 1. The molecule has 2 aromatic carbocycles. The highest BCUT2D eigenvalue weighted by Gasteiger charge is 2.48.